The summed E-state index contributed by atoms with van der Waals surface area (Å²) in [6.07, 6.45) is 9.48. The van der Waals surface area contributed by atoms with E-state index in [2.05, 4.69) is 4.90 Å². The number of hydrogen-bond donors (Lipinski definition) is 0. The predicted molar refractivity (Wildman–Crippen MR) is 72.2 cm³/mol. The maximum atomic E-state index is 11.1. The summed E-state index contributed by atoms with van der Waals surface area (Å²) in [5, 5.41) is 0. The van der Waals surface area contributed by atoms with E-state index in [1.54, 1.807) is 0 Å². The van der Waals surface area contributed by atoms with Crippen molar-refractivity contribution in [3.63, 3.8) is 0 Å². The summed E-state index contributed by atoms with van der Waals surface area (Å²) >= 11 is 0. The predicted octanol–water partition coefficient (Wildman–Crippen LogP) is 1.62. The number of rotatable bonds is 3. The lowest BCUT2D eigenvalue weighted by molar-refractivity contribution is -0.139. The van der Waals surface area contributed by atoms with Gasteiger partial charge >= 0.3 is 0 Å². The molecular formula is C14H23NO3S. The minimum absolute atomic E-state index is 0.0944. The summed E-state index contributed by atoms with van der Waals surface area (Å²) in [6.45, 7) is 1.64. The van der Waals surface area contributed by atoms with Crippen LogP contribution in [0.1, 0.15) is 38.5 Å². The van der Waals surface area contributed by atoms with Crippen LogP contribution in [0.4, 0.5) is 0 Å². The van der Waals surface area contributed by atoms with Gasteiger partial charge in [-0.3, -0.25) is 9.08 Å². The van der Waals surface area contributed by atoms with Crippen LogP contribution in [-0.4, -0.2) is 44.3 Å². The standard InChI is InChI=1S/C14H23NO3S/c1-19(16,17)18-13-8-15(9-13)14-5-10-2-11(6-14)4-12(3-10)7-14/h10-13H,2-9H2,1H3. The van der Waals surface area contributed by atoms with Crippen molar-refractivity contribution < 1.29 is 12.6 Å². The van der Waals surface area contributed by atoms with Gasteiger partial charge in [0.2, 0.25) is 0 Å². The van der Waals surface area contributed by atoms with Crippen LogP contribution in [0.15, 0.2) is 0 Å². The van der Waals surface area contributed by atoms with Crippen molar-refractivity contribution in [2.45, 2.75) is 50.2 Å². The second-order valence-electron chi connectivity index (χ2n) is 7.47. The van der Waals surface area contributed by atoms with E-state index in [4.69, 9.17) is 4.18 Å². The molecule has 0 aromatic rings. The van der Waals surface area contributed by atoms with E-state index in [0.29, 0.717) is 5.54 Å². The zero-order valence-electron chi connectivity index (χ0n) is 11.5. The molecule has 19 heavy (non-hydrogen) atoms. The molecule has 0 atom stereocenters. The number of nitrogens with zero attached hydrogens (tertiary/aromatic N) is 1. The molecule has 0 N–H and O–H groups in total. The third-order valence-electron chi connectivity index (χ3n) is 5.84. The van der Waals surface area contributed by atoms with E-state index in [1.165, 1.54) is 38.5 Å². The lowest BCUT2D eigenvalue weighted by atomic mass is 9.52. The molecule has 1 aliphatic heterocycles. The Hall–Kier alpha value is -0.130. The van der Waals surface area contributed by atoms with Gasteiger partial charge in [0.1, 0.15) is 6.10 Å². The molecule has 5 aliphatic rings. The Labute approximate surface area is 115 Å². The Kier molecular flexibility index (Phi) is 2.62. The SMILES string of the molecule is CS(=O)(=O)OC1CN(C23CC4CC(CC(C4)C2)C3)C1. The highest BCUT2D eigenvalue weighted by molar-refractivity contribution is 7.86. The van der Waals surface area contributed by atoms with Gasteiger partial charge in [-0.25, -0.2) is 0 Å². The largest absolute Gasteiger partial charge is 0.292 e. The van der Waals surface area contributed by atoms with Crippen LogP contribution in [0.2, 0.25) is 0 Å². The van der Waals surface area contributed by atoms with Gasteiger partial charge in [-0.15, -0.1) is 0 Å². The molecule has 0 aromatic carbocycles. The Balaban J connectivity index is 1.44. The quantitative estimate of drug-likeness (QED) is 0.739. The molecule has 5 rings (SSSR count). The number of likely N-dealkylation sites (tertiary alicyclic amines) is 1. The minimum Gasteiger partial charge on any atom is -0.292 e. The Morgan fingerprint density at radius 2 is 1.47 bits per heavy atom. The molecule has 5 heteroatoms. The highest BCUT2D eigenvalue weighted by atomic mass is 32.2. The average molecular weight is 285 g/mol. The summed E-state index contributed by atoms with van der Waals surface area (Å²) in [5.74, 6) is 2.84. The van der Waals surface area contributed by atoms with E-state index in [9.17, 15) is 8.42 Å². The maximum absolute atomic E-state index is 11.1. The Morgan fingerprint density at radius 1 is 1.00 bits per heavy atom. The zero-order chi connectivity index (χ0) is 13.3. The fraction of sp³-hybridized carbons (Fsp3) is 1.00. The van der Waals surface area contributed by atoms with Crippen molar-refractivity contribution in [1.29, 1.82) is 0 Å². The summed E-state index contributed by atoms with van der Waals surface area (Å²) in [5.41, 5.74) is 0.409. The van der Waals surface area contributed by atoms with E-state index in [-0.39, 0.29) is 6.10 Å². The topological polar surface area (TPSA) is 46.6 Å². The molecule has 1 heterocycles. The number of hydrogen-bond acceptors (Lipinski definition) is 4. The lowest BCUT2D eigenvalue weighted by Crippen LogP contribution is -2.68. The highest BCUT2D eigenvalue weighted by Crippen LogP contribution is 2.58. The molecule has 4 saturated carbocycles. The van der Waals surface area contributed by atoms with Crippen LogP contribution < -0.4 is 0 Å². The molecule has 4 aliphatic carbocycles. The normalized spacial score (nSPS) is 46.5. The van der Waals surface area contributed by atoms with Crippen molar-refractivity contribution in [1.82, 2.24) is 4.90 Å². The van der Waals surface area contributed by atoms with Crippen molar-refractivity contribution in [3.05, 3.63) is 0 Å². The zero-order valence-corrected chi connectivity index (χ0v) is 12.4. The van der Waals surface area contributed by atoms with E-state index < -0.39 is 10.1 Å². The van der Waals surface area contributed by atoms with Gasteiger partial charge in [0, 0.05) is 18.6 Å². The van der Waals surface area contributed by atoms with Crippen LogP contribution in [0.3, 0.4) is 0 Å². The third-order valence-corrected chi connectivity index (χ3v) is 6.46. The lowest BCUT2D eigenvalue weighted by Gasteiger charge is -2.63. The molecule has 108 valence electrons. The van der Waals surface area contributed by atoms with Crippen LogP contribution in [0.5, 0.6) is 0 Å². The van der Waals surface area contributed by atoms with E-state index in [0.717, 1.165) is 37.1 Å². The summed E-state index contributed by atoms with van der Waals surface area (Å²) in [7, 11) is -3.29. The molecular weight excluding hydrogens is 262 g/mol. The monoisotopic (exact) mass is 285 g/mol. The second-order valence-corrected chi connectivity index (χ2v) is 9.07. The van der Waals surface area contributed by atoms with Crippen LogP contribution in [-0.2, 0) is 14.3 Å². The fourth-order valence-corrected chi connectivity index (χ4v) is 6.20. The van der Waals surface area contributed by atoms with Crippen LogP contribution in [0, 0.1) is 17.8 Å². The van der Waals surface area contributed by atoms with Gasteiger partial charge in [0.15, 0.2) is 0 Å². The van der Waals surface area contributed by atoms with Gasteiger partial charge in [0.25, 0.3) is 10.1 Å². The van der Waals surface area contributed by atoms with Crippen molar-refractivity contribution >= 4 is 10.1 Å². The maximum Gasteiger partial charge on any atom is 0.264 e. The third kappa shape index (κ3) is 2.14. The summed E-state index contributed by atoms with van der Waals surface area (Å²) in [4.78, 5) is 2.54. The van der Waals surface area contributed by atoms with Gasteiger partial charge in [0.05, 0.1) is 6.26 Å². The molecule has 0 unspecified atom stereocenters. The first-order chi connectivity index (χ1) is 8.92. The molecule has 0 spiro atoms. The molecule has 0 amide bonds. The first-order valence-corrected chi connectivity index (χ1v) is 9.37. The average Bonchev–Trinajstić information content (AvgIpc) is 2.19. The van der Waals surface area contributed by atoms with E-state index in [1.807, 2.05) is 0 Å². The molecule has 0 radical (unpaired) electrons. The van der Waals surface area contributed by atoms with Crippen molar-refractivity contribution in [2.75, 3.05) is 19.3 Å². The van der Waals surface area contributed by atoms with Crippen LogP contribution >= 0.6 is 0 Å². The highest BCUT2D eigenvalue weighted by Gasteiger charge is 2.56. The molecule has 5 fully saturated rings. The second kappa shape index (κ2) is 3.95. The van der Waals surface area contributed by atoms with Crippen molar-refractivity contribution in [3.8, 4) is 0 Å². The van der Waals surface area contributed by atoms with Gasteiger partial charge in [-0.1, -0.05) is 0 Å². The van der Waals surface area contributed by atoms with Gasteiger partial charge in [-0.05, 0) is 56.3 Å². The minimum atomic E-state index is -3.29. The van der Waals surface area contributed by atoms with Crippen LogP contribution in [0.25, 0.3) is 0 Å². The first-order valence-electron chi connectivity index (χ1n) is 7.55. The van der Waals surface area contributed by atoms with Gasteiger partial charge in [-0.2, -0.15) is 8.42 Å². The van der Waals surface area contributed by atoms with Gasteiger partial charge < -0.3 is 0 Å². The Bertz CT molecular complexity index is 446. The summed E-state index contributed by atoms with van der Waals surface area (Å²) < 4.78 is 27.4. The molecule has 4 bridgehead atoms. The first kappa shape index (κ1) is 12.6. The van der Waals surface area contributed by atoms with Crippen molar-refractivity contribution in [2.24, 2.45) is 17.8 Å². The van der Waals surface area contributed by atoms with E-state index >= 15 is 0 Å². The molecule has 4 nitrogen and oxygen atoms in total. The smallest absolute Gasteiger partial charge is 0.264 e. The molecule has 1 saturated heterocycles. The Morgan fingerprint density at radius 3 is 1.89 bits per heavy atom. The summed E-state index contributed by atoms with van der Waals surface area (Å²) in [6, 6.07) is 0. The fourth-order valence-electron chi connectivity index (χ4n) is 5.59. The molecule has 0 aromatic heterocycles.